The highest BCUT2D eigenvalue weighted by atomic mass is 32.2. The Labute approximate surface area is 687 Å². The van der Waals surface area contributed by atoms with Crippen molar-refractivity contribution in [1.82, 2.24) is 0 Å². The summed E-state index contributed by atoms with van der Waals surface area (Å²) in [7, 11) is -15.0. The molecule has 0 aliphatic rings. The molecule has 0 unspecified atom stereocenters. The normalized spacial score (nSPS) is 11.7. The Morgan fingerprint density at radius 2 is 0.390 bits per heavy atom. The molecule has 0 aliphatic heterocycles. The van der Waals surface area contributed by atoms with Gasteiger partial charge in [0.25, 0.3) is 0 Å². The highest BCUT2D eigenvalue weighted by Gasteiger charge is 2.30. The van der Waals surface area contributed by atoms with Crippen LogP contribution in [0.25, 0.3) is 0 Å². The predicted molar refractivity (Wildman–Crippen MR) is 435 cm³/mol. The minimum Gasteiger partial charge on any atom is -0.493 e. The summed E-state index contributed by atoms with van der Waals surface area (Å²) in [5, 5.41) is 0. The van der Waals surface area contributed by atoms with Gasteiger partial charge in [0.05, 0.1) is 46.0 Å². The van der Waals surface area contributed by atoms with Crippen LogP contribution in [-0.2, 0) is 39.3 Å². The lowest BCUT2D eigenvalue weighted by atomic mass is 10.0. The van der Waals surface area contributed by atoms with Crippen LogP contribution in [0.2, 0.25) is 0 Å². The van der Waals surface area contributed by atoms with Gasteiger partial charge in [-0.25, -0.2) is 42.5 Å². The van der Waals surface area contributed by atoms with Crippen molar-refractivity contribution in [2.24, 2.45) is 0 Å². The Morgan fingerprint density at radius 1 is 0.220 bits per heavy atom. The van der Waals surface area contributed by atoms with Crippen LogP contribution in [0.5, 0.6) is 34.5 Å². The number of rotatable bonds is 26. The number of hydrogen-bond donors (Lipinski definition) is 0. The highest BCUT2D eigenvalue weighted by molar-refractivity contribution is 7.92. The predicted octanol–water partition coefficient (Wildman–Crippen LogP) is 25.5. The minimum absolute atomic E-state index is 0.00870. The molecule has 0 heterocycles. The van der Waals surface area contributed by atoms with Crippen LogP contribution >= 0.6 is 0 Å². The molecule has 0 saturated carbocycles. The maximum absolute atomic E-state index is 13.4. The number of sulfone groups is 4. The molecule has 0 fully saturated rings. The minimum atomic E-state index is -4.45. The summed E-state index contributed by atoms with van der Waals surface area (Å²) in [6.45, 7) is 33.6. The fourth-order valence-corrected chi connectivity index (χ4v) is 12.4. The van der Waals surface area contributed by atoms with Crippen molar-refractivity contribution in [3.8, 4) is 34.5 Å². The number of benzene rings is 8. The van der Waals surface area contributed by atoms with Gasteiger partial charge in [-0.2, -0.15) is 52.7 Å². The van der Waals surface area contributed by atoms with Crippen LogP contribution in [0.3, 0.4) is 0 Å². The van der Waals surface area contributed by atoms with Gasteiger partial charge in [0, 0.05) is 0 Å². The average Bonchev–Trinajstić information content (AvgIpc) is 0.825. The standard InChI is InChI=1S/2C12H17FO.2C11H14F2O2.4C10H12F2O2S/c2*1-8(2)10-5-6-12(11(13)7-10)14-9(3)4;2*1-7(2)8-4-5-9(15-11(12)13)10(6-8)14-3;4*1-7(2)8-3-5-9(6-4-8)15(13,14)10(11)12/h2*5-9H,1-4H3;2*4-7,11H,1-3H3;4*3-7,10H,1-2H3. The van der Waals surface area contributed by atoms with E-state index in [2.05, 4.69) is 9.47 Å². The van der Waals surface area contributed by atoms with E-state index in [-0.39, 0.29) is 78.6 Å². The van der Waals surface area contributed by atoms with E-state index in [9.17, 15) is 95.1 Å². The fourth-order valence-electron chi connectivity index (χ4n) is 9.51. The summed E-state index contributed by atoms with van der Waals surface area (Å²) < 4.78 is 290. The molecule has 118 heavy (non-hydrogen) atoms. The summed E-state index contributed by atoms with van der Waals surface area (Å²) in [6, 6.07) is 42.4. The molecule has 0 saturated heterocycles. The number of ether oxygens (including phenoxy) is 6. The Bertz CT molecular complexity index is 4270. The van der Waals surface area contributed by atoms with Crippen molar-refractivity contribution in [2.75, 3.05) is 14.2 Å². The molecule has 0 aliphatic carbocycles. The third-order valence-corrected chi connectivity index (χ3v) is 22.1. The van der Waals surface area contributed by atoms with Crippen LogP contribution in [0, 0.1) is 11.6 Å². The van der Waals surface area contributed by atoms with Gasteiger partial charge < -0.3 is 28.4 Å². The average molecular weight is 1760 g/mol. The third kappa shape index (κ3) is 36.1. The van der Waals surface area contributed by atoms with Crippen LogP contribution in [0.15, 0.2) is 189 Å². The van der Waals surface area contributed by atoms with Gasteiger partial charge in [0.1, 0.15) is 0 Å². The molecular weight excluding hydrogens is 1650 g/mol. The Hall–Kier alpha value is -8.62. The molecule has 8 rings (SSSR count). The van der Waals surface area contributed by atoms with Gasteiger partial charge in [-0.15, -0.1) is 0 Å². The molecule has 0 bridgehead atoms. The lowest BCUT2D eigenvalue weighted by Crippen LogP contribution is -2.11. The van der Waals surface area contributed by atoms with E-state index in [4.69, 9.17) is 18.9 Å². The Kier molecular flexibility index (Phi) is 45.9. The first-order valence-corrected chi connectivity index (χ1v) is 43.4. The zero-order chi connectivity index (χ0) is 90.8. The Balaban J connectivity index is 0.000000674. The van der Waals surface area contributed by atoms with Gasteiger partial charge in [-0.3, -0.25) is 0 Å². The van der Waals surface area contributed by atoms with Crippen molar-refractivity contribution < 1.29 is 124 Å². The number of alkyl halides is 12. The first kappa shape index (κ1) is 107. The van der Waals surface area contributed by atoms with Gasteiger partial charge in [0.15, 0.2) is 46.1 Å². The summed E-state index contributed by atoms with van der Waals surface area (Å²) in [6.07, 6.45) is 0.0174. The summed E-state index contributed by atoms with van der Waals surface area (Å²) in [5.41, 5.74) is 7.72. The van der Waals surface area contributed by atoms with Gasteiger partial charge in [-0.05, 0) is 217 Å². The fraction of sp³-hybridized carbons (Fsp3) is 0.442. The second-order valence-corrected chi connectivity index (χ2v) is 36.7. The van der Waals surface area contributed by atoms with Gasteiger partial charge in [-0.1, -0.05) is 184 Å². The SMILES string of the molecule is CC(C)Oc1ccc(C(C)C)cc1F.CC(C)Oc1ccc(C(C)C)cc1F.CC(C)c1ccc(S(=O)(=O)C(F)F)cc1.CC(C)c1ccc(S(=O)(=O)C(F)F)cc1.CC(C)c1ccc(S(=O)(=O)C(F)F)cc1.CC(C)c1ccc(S(=O)(=O)C(F)F)cc1.COc1cc(C(C)C)ccc1OC(F)F.COc1cc(C(C)C)ccc1OC(F)F. The number of halogens is 14. The third-order valence-electron chi connectivity index (χ3n) is 16.6. The number of hydrogen-bond acceptors (Lipinski definition) is 14. The van der Waals surface area contributed by atoms with E-state index in [1.54, 1.807) is 97.1 Å². The van der Waals surface area contributed by atoms with Crippen molar-refractivity contribution in [3.05, 3.63) is 226 Å². The van der Waals surface area contributed by atoms with E-state index in [1.807, 2.05) is 151 Å². The van der Waals surface area contributed by atoms with Crippen molar-refractivity contribution in [1.29, 1.82) is 0 Å². The molecule has 0 amide bonds. The molecule has 32 heteroatoms. The Morgan fingerprint density at radius 3 is 0.534 bits per heavy atom. The first-order chi connectivity index (χ1) is 54.5. The lowest BCUT2D eigenvalue weighted by Gasteiger charge is -2.12. The van der Waals surface area contributed by atoms with Crippen LogP contribution < -0.4 is 28.4 Å². The molecule has 0 radical (unpaired) electrons. The van der Waals surface area contributed by atoms with Crippen LogP contribution in [-0.4, -0.2) is 96.4 Å². The lowest BCUT2D eigenvalue weighted by molar-refractivity contribution is -0.0518. The second-order valence-electron chi connectivity index (χ2n) is 29.0. The molecule has 660 valence electrons. The molecule has 0 atom stereocenters. The van der Waals surface area contributed by atoms with Crippen molar-refractivity contribution >= 4 is 39.3 Å². The largest absolute Gasteiger partial charge is 0.493 e. The maximum Gasteiger partial charge on any atom is 0.387 e. The van der Waals surface area contributed by atoms with E-state index >= 15 is 0 Å². The van der Waals surface area contributed by atoms with Gasteiger partial charge >= 0.3 is 36.3 Å². The van der Waals surface area contributed by atoms with Crippen molar-refractivity contribution in [2.45, 2.75) is 254 Å². The highest BCUT2D eigenvalue weighted by Crippen LogP contribution is 2.35. The molecule has 0 N–H and O–H groups in total. The van der Waals surface area contributed by atoms with Crippen LogP contribution in [0.4, 0.5) is 61.5 Å². The zero-order valence-electron chi connectivity index (χ0n) is 70.0. The topological polar surface area (TPSA) is 192 Å². The van der Waals surface area contributed by atoms with E-state index < -0.39 is 75.6 Å². The summed E-state index contributed by atoms with van der Waals surface area (Å²) >= 11 is 0. The first-order valence-electron chi connectivity index (χ1n) is 37.2. The molecule has 0 spiro atoms. The maximum atomic E-state index is 13.4. The summed E-state index contributed by atoms with van der Waals surface area (Å²) in [5.74, 6) is -10.2. The van der Waals surface area contributed by atoms with E-state index in [1.165, 1.54) is 74.9 Å². The molecule has 8 aromatic carbocycles. The van der Waals surface area contributed by atoms with E-state index in [0.29, 0.717) is 46.7 Å². The van der Waals surface area contributed by atoms with Crippen molar-refractivity contribution in [3.63, 3.8) is 0 Å². The van der Waals surface area contributed by atoms with Crippen LogP contribution in [0.1, 0.15) is 230 Å². The smallest absolute Gasteiger partial charge is 0.387 e. The molecular formula is C86H110F14O14S4. The number of methoxy groups -OCH3 is 2. The molecule has 0 aromatic heterocycles. The van der Waals surface area contributed by atoms with E-state index in [0.717, 1.165) is 44.5 Å². The quantitative estimate of drug-likeness (QED) is 0.0465. The molecule has 14 nitrogen and oxygen atoms in total. The zero-order valence-corrected chi connectivity index (χ0v) is 73.3. The second kappa shape index (κ2) is 50.5. The summed E-state index contributed by atoms with van der Waals surface area (Å²) in [4.78, 5) is -1.33. The van der Waals surface area contributed by atoms with Gasteiger partial charge in [0.2, 0.25) is 39.3 Å². The monoisotopic (exact) mass is 1760 g/mol. The molecule has 8 aromatic rings.